The minimum Gasteiger partial charge on any atom is -0.475 e. The highest BCUT2D eigenvalue weighted by Gasteiger charge is 2.19. The van der Waals surface area contributed by atoms with Crippen molar-refractivity contribution < 1.29 is 4.74 Å². The number of nitrogens with zero attached hydrogens (tertiary/aromatic N) is 3. The van der Waals surface area contributed by atoms with Crippen LogP contribution in [0, 0.1) is 6.92 Å². The molecule has 1 aromatic heterocycles. The third-order valence-electron chi connectivity index (χ3n) is 2.83. The molecule has 1 N–H and O–H groups in total. The molecule has 1 saturated heterocycles. The average Bonchev–Trinajstić information content (AvgIpc) is 2.27. The molecule has 2 heterocycles. The average molecular weight is 250 g/mol. The van der Waals surface area contributed by atoms with Gasteiger partial charge in [0.25, 0.3) is 0 Å². The number of hydrogen-bond acceptors (Lipinski definition) is 5. The van der Waals surface area contributed by atoms with Crippen LogP contribution >= 0.6 is 0 Å². The van der Waals surface area contributed by atoms with Crippen molar-refractivity contribution >= 4 is 5.95 Å². The summed E-state index contributed by atoms with van der Waals surface area (Å²) in [6.07, 6.45) is 0.133. The molecule has 0 bridgehead atoms. The van der Waals surface area contributed by atoms with Gasteiger partial charge in [0.2, 0.25) is 11.8 Å². The van der Waals surface area contributed by atoms with Gasteiger partial charge in [0.05, 0.1) is 6.10 Å². The van der Waals surface area contributed by atoms with Crippen LogP contribution in [-0.2, 0) is 0 Å². The molecule has 1 aliphatic heterocycles. The maximum absolute atomic E-state index is 5.66. The fraction of sp³-hybridized carbons (Fsp3) is 0.692. The molecular weight excluding hydrogens is 228 g/mol. The topological polar surface area (TPSA) is 50.3 Å². The molecular formula is C13H22N4O. The highest BCUT2D eigenvalue weighted by Crippen LogP contribution is 2.17. The van der Waals surface area contributed by atoms with E-state index in [2.05, 4.69) is 27.1 Å². The molecule has 0 spiro atoms. The summed E-state index contributed by atoms with van der Waals surface area (Å²) in [6.45, 7) is 11.0. The lowest BCUT2D eigenvalue weighted by atomic mass is 10.2. The van der Waals surface area contributed by atoms with Crippen molar-refractivity contribution in [2.45, 2.75) is 39.8 Å². The number of piperazine rings is 1. The first-order chi connectivity index (χ1) is 8.54. The Morgan fingerprint density at radius 1 is 1.44 bits per heavy atom. The standard InChI is InChI=1S/C13H22N4O/c1-9(2)18-12-7-10(3)15-13(16-12)17-6-5-14-11(4)8-17/h7,9,11,14H,5-6,8H2,1-4H3/t11-/m0/s1. The van der Waals surface area contributed by atoms with Gasteiger partial charge in [-0.25, -0.2) is 4.98 Å². The molecule has 1 fully saturated rings. The van der Waals surface area contributed by atoms with Crippen molar-refractivity contribution in [2.24, 2.45) is 0 Å². The number of ether oxygens (including phenoxy) is 1. The first-order valence-electron chi connectivity index (χ1n) is 6.55. The molecule has 0 aliphatic carbocycles. The largest absolute Gasteiger partial charge is 0.475 e. The lowest BCUT2D eigenvalue weighted by molar-refractivity contribution is 0.232. The van der Waals surface area contributed by atoms with E-state index in [0.29, 0.717) is 11.9 Å². The molecule has 0 aromatic carbocycles. The van der Waals surface area contributed by atoms with Crippen LogP contribution < -0.4 is 15.0 Å². The van der Waals surface area contributed by atoms with Crippen LogP contribution in [0.3, 0.4) is 0 Å². The number of nitrogens with one attached hydrogen (secondary N) is 1. The molecule has 2 rings (SSSR count). The number of hydrogen-bond donors (Lipinski definition) is 1. The monoisotopic (exact) mass is 250 g/mol. The van der Waals surface area contributed by atoms with Crippen molar-refractivity contribution in [1.29, 1.82) is 0 Å². The first-order valence-corrected chi connectivity index (χ1v) is 6.55. The zero-order valence-corrected chi connectivity index (χ0v) is 11.6. The molecule has 1 aromatic rings. The summed E-state index contributed by atoms with van der Waals surface area (Å²) >= 11 is 0. The van der Waals surface area contributed by atoms with Gasteiger partial charge in [-0.1, -0.05) is 0 Å². The summed E-state index contributed by atoms with van der Waals surface area (Å²) in [5, 5.41) is 3.41. The van der Waals surface area contributed by atoms with Gasteiger partial charge in [-0.05, 0) is 27.7 Å². The van der Waals surface area contributed by atoms with E-state index in [1.807, 2.05) is 26.8 Å². The van der Waals surface area contributed by atoms with E-state index in [1.54, 1.807) is 0 Å². The zero-order valence-electron chi connectivity index (χ0n) is 11.6. The summed E-state index contributed by atoms with van der Waals surface area (Å²) in [6, 6.07) is 2.35. The van der Waals surface area contributed by atoms with Crippen molar-refractivity contribution in [3.05, 3.63) is 11.8 Å². The van der Waals surface area contributed by atoms with Crippen LogP contribution in [0.2, 0.25) is 0 Å². The highest BCUT2D eigenvalue weighted by atomic mass is 16.5. The molecule has 100 valence electrons. The second kappa shape index (κ2) is 5.52. The number of rotatable bonds is 3. The van der Waals surface area contributed by atoms with Gasteiger partial charge >= 0.3 is 0 Å². The second-order valence-corrected chi connectivity index (χ2v) is 5.12. The Labute approximate surface area is 109 Å². The number of aryl methyl sites for hydroxylation is 1. The molecule has 0 unspecified atom stereocenters. The SMILES string of the molecule is Cc1cc(OC(C)C)nc(N2CCN[C@@H](C)C2)n1. The van der Waals surface area contributed by atoms with Crippen molar-refractivity contribution in [3.63, 3.8) is 0 Å². The zero-order chi connectivity index (χ0) is 13.1. The number of anilines is 1. The van der Waals surface area contributed by atoms with Crippen molar-refractivity contribution in [2.75, 3.05) is 24.5 Å². The predicted molar refractivity (Wildman–Crippen MR) is 72.2 cm³/mol. The maximum Gasteiger partial charge on any atom is 0.228 e. The highest BCUT2D eigenvalue weighted by molar-refractivity contribution is 5.35. The molecule has 5 nitrogen and oxygen atoms in total. The summed E-state index contributed by atoms with van der Waals surface area (Å²) < 4.78 is 5.66. The minimum absolute atomic E-state index is 0.133. The van der Waals surface area contributed by atoms with E-state index in [0.717, 1.165) is 31.3 Å². The van der Waals surface area contributed by atoms with Crippen molar-refractivity contribution in [1.82, 2.24) is 15.3 Å². The Morgan fingerprint density at radius 3 is 2.89 bits per heavy atom. The Balaban J connectivity index is 2.18. The Kier molecular flexibility index (Phi) is 4.01. The third-order valence-corrected chi connectivity index (χ3v) is 2.83. The van der Waals surface area contributed by atoms with E-state index in [4.69, 9.17) is 4.74 Å². The van der Waals surface area contributed by atoms with Gasteiger partial charge in [0, 0.05) is 37.4 Å². The molecule has 5 heteroatoms. The fourth-order valence-electron chi connectivity index (χ4n) is 2.08. The smallest absolute Gasteiger partial charge is 0.228 e. The van der Waals surface area contributed by atoms with Crippen LogP contribution in [0.4, 0.5) is 5.95 Å². The van der Waals surface area contributed by atoms with Crippen LogP contribution in [0.5, 0.6) is 5.88 Å². The third kappa shape index (κ3) is 3.32. The molecule has 1 aliphatic rings. The van der Waals surface area contributed by atoms with Crippen LogP contribution in [-0.4, -0.2) is 41.7 Å². The van der Waals surface area contributed by atoms with Gasteiger partial charge in [-0.15, -0.1) is 0 Å². The summed E-state index contributed by atoms with van der Waals surface area (Å²) in [4.78, 5) is 11.2. The fourth-order valence-corrected chi connectivity index (χ4v) is 2.08. The lowest BCUT2D eigenvalue weighted by Crippen LogP contribution is -2.49. The summed E-state index contributed by atoms with van der Waals surface area (Å²) in [7, 11) is 0. The Hall–Kier alpha value is -1.36. The number of aromatic nitrogens is 2. The van der Waals surface area contributed by atoms with Crippen LogP contribution in [0.1, 0.15) is 26.5 Å². The van der Waals surface area contributed by atoms with Gasteiger partial charge in [0.1, 0.15) is 0 Å². The summed E-state index contributed by atoms with van der Waals surface area (Å²) in [5.74, 6) is 1.44. The van der Waals surface area contributed by atoms with Gasteiger partial charge in [0.15, 0.2) is 0 Å². The first kappa shape index (κ1) is 13.1. The summed E-state index contributed by atoms with van der Waals surface area (Å²) in [5.41, 5.74) is 0.946. The Bertz CT molecular complexity index is 408. The van der Waals surface area contributed by atoms with Gasteiger partial charge in [-0.3, -0.25) is 0 Å². The van der Waals surface area contributed by atoms with E-state index >= 15 is 0 Å². The molecule has 0 saturated carbocycles. The van der Waals surface area contributed by atoms with Crippen molar-refractivity contribution in [3.8, 4) is 5.88 Å². The molecule has 0 amide bonds. The second-order valence-electron chi connectivity index (χ2n) is 5.12. The van der Waals surface area contributed by atoms with E-state index in [1.165, 1.54) is 0 Å². The predicted octanol–water partition coefficient (Wildman–Crippen LogP) is 1.37. The lowest BCUT2D eigenvalue weighted by Gasteiger charge is -2.32. The normalized spacial score (nSPS) is 20.3. The quantitative estimate of drug-likeness (QED) is 0.878. The van der Waals surface area contributed by atoms with E-state index < -0.39 is 0 Å². The minimum atomic E-state index is 0.133. The van der Waals surface area contributed by atoms with E-state index in [9.17, 15) is 0 Å². The molecule has 1 atom stereocenters. The van der Waals surface area contributed by atoms with Crippen LogP contribution in [0.25, 0.3) is 0 Å². The van der Waals surface area contributed by atoms with Gasteiger partial charge in [-0.2, -0.15) is 4.98 Å². The molecule has 0 radical (unpaired) electrons. The maximum atomic E-state index is 5.66. The molecule has 18 heavy (non-hydrogen) atoms. The van der Waals surface area contributed by atoms with E-state index in [-0.39, 0.29) is 6.10 Å². The van der Waals surface area contributed by atoms with Gasteiger partial charge < -0.3 is 15.0 Å². The van der Waals surface area contributed by atoms with Crippen LogP contribution in [0.15, 0.2) is 6.07 Å². The Morgan fingerprint density at radius 2 is 2.22 bits per heavy atom.